The molecule has 0 aliphatic rings. The van der Waals surface area contributed by atoms with Gasteiger partial charge in [-0.15, -0.1) is 0 Å². The fourth-order valence-corrected chi connectivity index (χ4v) is 1.84. The van der Waals surface area contributed by atoms with Gasteiger partial charge in [-0.1, -0.05) is 20.3 Å². The Balaban J connectivity index is 2.40. The molecule has 2 atom stereocenters. The van der Waals surface area contributed by atoms with E-state index in [4.69, 9.17) is 9.15 Å². The van der Waals surface area contributed by atoms with E-state index in [2.05, 4.69) is 19.2 Å². The van der Waals surface area contributed by atoms with E-state index in [0.29, 0.717) is 12.5 Å². The number of ether oxygens (including phenoxy) is 1. The fraction of sp³-hybridized carbons (Fsp3) is 0.692. The predicted molar refractivity (Wildman–Crippen MR) is 65.4 cm³/mol. The summed E-state index contributed by atoms with van der Waals surface area (Å²) in [4.78, 5) is 0. The third-order valence-electron chi connectivity index (χ3n) is 2.71. The van der Waals surface area contributed by atoms with Gasteiger partial charge in [0.15, 0.2) is 0 Å². The standard InChI is InChI=1S/C13H23NO2/c1-4-6-11(2)9-14-12(10-15-3)13-7-5-8-16-13/h5,7-8,11-12,14H,4,6,9-10H2,1-3H3. The Hall–Kier alpha value is -0.800. The molecule has 3 nitrogen and oxygen atoms in total. The molecule has 1 N–H and O–H groups in total. The molecule has 1 heterocycles. The molecule has 0 spiro atoms. The van der Waals surface area contributed by atoms with Crippen LogP contribution in [0.2, 0.25) is 0 Å². The van der Waals surface area contributed by atoms with E-state index in [-0.39, 0.29) is 6.04 Å². The van der Waals surface area contributed by atoms with Gasteiger partial charge in [-0.05, 0) is 31.0 Å². The highest BCUT2D eigenvalue weighted by molar-refractivity contribution is 5.04. The van der Waals surface area contributed by atoms with Crippen molar-refractivity contribution < 1.29 is 9.15 Å². The molecule has 2 unspecified atom stereocenters. The zero-order valence-corrected chi connectivity index (χ0v) is 10.5. The number of rotatable bonds is 8. The van der Waals surface area contributed by atoms with Crippen molar-refractivity contribution in [2.45, 2.75) is 32.7 Å². The fourth-order valence-electron chi connectivity index (χ4n) is 1.84. The second-order valence-corrected chi connectivity index (χ2v) is 4.33. The summed E-state index contributed by atoms with van der Waals surface area (Å²) in [7, 11) is 1.72. The summed E-state index contributed by atoms with van der Waals surface area (Å²) in [5.41, 5.74) is 0. The smallest absolute Gasteiger partial charge is 0.123 e. The van der Waals surface area contributed by atoms with Crippen LogP contribution in [0.3, 0.4) is 0 Å². The number of hydrogen-bond donors (Lipinski definition) is 1. The van der Waals surface area contributed by atoms with Crippen molar-refractivity contribution >= 4 is 0 Å². The summed E-state index contributed by atoms with van der Waals surface area (Å²) in [5.74, 6) is 1.64. The van der Waals surface area contributed by atoms with Gasteiger partial charge < -0.3 is 14.5 Å². The van der Waals surface area contributed by atoms with E-state index in [1.54, 1.807) is 13.4 Å². The van der Waals surface area contributed by atoms with Gasteiger partial charge in [-0.2, -0.15) is 0 Å². The summed E-state index contributed by atoms with van der Waals surface area (Å²) in [5, 5.41) is 3.49. The molecule has 0 saturated heterocycles. The van der Waals surface area contributed by atoms with Gasteiger partial charge >= 0.3 is 0 Å². The highest BCUT2D eigenvalue weighted by Crippen LogP contribution is 2.14. The third-order valence-corrected chi connectivity index (χ3v) is 2.71. The summed E-state index contributed by atoms with van der Waals surface area (Å²) in [6.07, 6.45) is 4.19. The Kier molecular flexibility index (Phi) is 6.19. The van der Waals surface area contributed by atoms with Crippen LogP contribution in [0.5, 0.6) is 0 Å². The van der Waals surface area contributed by atoms with E-state index in [0.717, 1.165) is 12.3 Å². The minimum atomic E-state index is 0.166. The SMILES string of the molecule is CCCC(C)CNC(COC)c1ccco1. The van der Waals surface area contributed by atoms with Crippen molar-refractivity contribution in [2.24, 2.45) is 5.92 Å². The third kappa shape index (κ3) is 4.37. The Morgan fingerprint density at radius 1 is 1.50 bits per heavy atom. The largest absolute Gasteiger partial charge is 0.468 e. The molecule has 0 radical (unpaired) electrons. The first kappa shape index (κ1) is 13.3. The van der Waals surface area contributed by atoms with Crippen molar-refractivity contribution in [3.8, 4) is 0 Å². The molecule has 1 rings (SSSR count). The topological polar surface area (TPSA) is 34.4 Å². The van der Waals surface area contributed by atoms with Crippen LogP contribution in [0.1, 0.15) is 38.5 Å². The maximum atomic E-state index is 5.40. The quantitative estimate of drug-likeness (QED) is 0.738. The molecule has 3 heteroatoms. The van der Waals surface area contributed by atoms with Gasteiger partial charge in [0.05, 0.1) is 18.9 Å². The normalized spacial score (nSPS) is 14.9. The molecule has 92 valence electrons. The molecule has 16 heavy (non-hydrogen) atoms. The second-order valence-electron chi connectivity index (χ2n) is 4.33. The Morgan fingerprint density at radius 3 is 2.88 bits per heavy atom. The van der Waals surface area contributed by atoms with Crippen LogP contribution in [0.25, 0.3) is 0 Å². The van der Waals surface area contributed by atoms with Crippen LogP contribution >= 0.6 is 0 Å². The lowest BCUT2D eigenvalue weighted by molar-refractivity contribution is 0.154. The lowest BCUT2D eigenvalue weighted by atomic mass is 10.1. The number of methoxy groups -OCH3 is 1. The van der Waals surface area contributed by atoms with Crippen molar-refractivity contribution in [3.63, 3.8) is 0 Å². The lowest BCUT2D eigenvalue weighted by Crippen LogP contribution is -2.29. The van der Waals surface area contributed by atoms with Crippen LogP contribution in [0.15, 0.2) is 22.8 Å². The first-order valence-electron chi connectivity index (χ1n) is 6.03. The highest BCUT2D eigenvalue weighted by atomic mass is 16.5. The van der Waals surface area contributed by atoms with Gasteiger partial charge in [-0.25, -0.2) is 0 Å². The maximum Gasteiger partial charge on any atom is 0.123 e. The molecular weight excluding hydrogens is 202 g/mol. The monoisotopic (exact) mass is 225 g/mol. The lowest BCUT2D eigenvalue weighted by Gasteiger charge is -2.18. The first-order valence-corrected chi connectivity index (χ1v) is 6.03. The van der Waals surface area contributed by atoms with Gasteiger partial charge in [0, 0.05) is 7.11 Å². The van der Waals surface area contributed by atoms with Crippen LogP contribution in [-0.2, 0) is 4.74 Å². The number of nitrogens with one attached hydrogen (secondary N) is 1. The summed E-state index contributed by atoms with van der Waals surface area (Å²) >= 11 is 0. The zero-order valence-electron chi connectivity index (χ0n) is 10.5. The second kappa shape index (κ2) is 7.47. The average Bonchev–Trinajstić information content (AvgIpc) is 2.78. The van der Waals surface area contributed by atoms with E-state index >= 15 is 0 Å². The predicted octanol–water partition coefficient (Wildman–Crippen LogP) is 2.99. The molecule has 0 aromatic carbocycles. The van der Waals surface area contributed by atoms with Crippen molar-refractivity contribution in [3.05, 3.63) is 24.2 Å². The molecule has 0 fully saturated rings. The molecule has 0 amide bonds. The van der Waals surface area contributed by atoms with E-state index in [1.165, 1.54) is 12.8 Å². The highest BCUT2D eigenvalue weighted by Gasteiger charge is 2.14. The van der Waals surface area contributed by atoms with E-state index in [1.807, 2.05) is 12.1 Å². The summed E-state index contributed by atoms with van der Waals surface area (Å²) < 4.78 is 10.6. The van der Waals surface area contributed by atoms with Crippen LogP contribution in [-0.4, -0.2) is 20.3 Å². The Labute approximate surface area is 98.2 Å². The van der Waals surface area contributed by atoms with Crippen LogP contribution in [0.4, 0.5) is 0 Å². The first-order chi connectivity index (χ1) is 7.77. The van der Waals surface area contributed by atoms with Crippen molar-refractivity contribution in [1.29, 1.82) is 0 Å². The summed E-state index contributed by atoms with van der Waals surface area (Å²) in [6.45, 7) is 6.13. The average molecular weight is 225 g/mol. The zero-order chi connectivity index (χ0) is 11.8. The van der Waals surface area contributed by atoms with Gasteiger partial charge in [0.25, 0.3) is 0 Å². The summed E-state index contributed by atoms with van der Waals surface area (Å²) in [6, 6.07) is 4.07. The van der Waals surface area contributed by atoms with Gasteiger partial charge in [-0.3, -0.25) is 0 Å². The van der Waals surface area contributed by atoms with E-state index < -0.39 is 0 Å². The molecule has 0 aliphatic carbocycles. The molecular formula is C13H23NO2. The Bertz CT molecular complexity index is 259. The minimum absolute atomic E-state index is 0.166. The van der Waals surface area contributed by atoms with E-state index in [9.17, 15) is 0 Å². The minimum Gasteiger partial charge on any atom is -0.468 e. The van der Waals surface area contributed by atoms with Crippen LogP contribution < -0.4 is 5.32 Å². The number of furan rings is 1. The molecule has 0 bridgehead atoms. The van der Waals surface area contributed by atoms with Gasteiger partial charge in [0.1, 0.15) is 5.76 Å². The Morgan fingerprint density at radius 2 is 2.31 bits per heavy atom. The van der Waals surface area contributed by atoms with Crippen molar-refractivity contribution in [1.82, 2.24) is 5.32 Å². The molecule has 1 aromatic rings. The molecule has 0 saturated carbocycles. The van der Waals surface area contributed by atoms with Crippen LogP contribution in [0, 0.1) is 5.92 Å². The van der Waals surface area contributed by atoms with Gasteiger partial charge in [0.2, 0.25) is 0 Å². The maximum absolute atomic E-state index is 5.40. The molecule has 1 aromatic heterocycles. The molecule has 0 aliphatic heterocycles. The van der Waals surface area contributed by atoms with Crippen molar-refractivity contribution in [2.75, 3.05) is 20.3 Å². The number of hydrogen-bond acceptors (Lipinski definition) is 3.